The number of hydrogen-bond donors (Lipinski definition) is 2. The normalized spacial score (nSPS) is 11.0. The SMILES string of the molecule is COc1ccc(OC)c(NC(N)=NCCc2cccc3ccccc23)c1.I. The molecule has 0 radical (unpaired) electrons. The second kappa shape index (κ2) is 10.0. The molecule has 0 heterocycles. The topological polar surface area (TPSA) is 68.9 Å². The van der Waals surface area contributed by atoms with Crippen LogP contribution in [0, 0.1) is 0 Å². The van der Waals surface area contributed by atoms with Gasteiger partial charge in [0.25, 0.3) is 0 Å². The predicted molar refractivity (Wildman–Crippen MR) is 123 cm³/mol. The molecule has 0 aromatic heterocycles. The number of ether oxygens (including phenoxy) is 2. The number of methoxy groups -OCH3 is 2. The van der Waals surface area contributed by atoms with Crippen LogP contribution in [-0.2, 0) is 6.42 Å². The number of aliphatic imine (C=N–C) groups is 1. The summed E-state index contributed by atoms with van der Waals surface area (Å²) in [5.74, 6) is 1.74. The van der Waals surface area contributed by atoms with Gasteiger partial charge in [0.2, 0.25) is 0 Å². The lowest BCUT2D eigenvalue weighted by molar-refractivity contribution is 0.405. The second-order valence-corrected chi connectivity index (χ2v) is 5.85. The summed E-state index contributed by atoms with van der Waals surface area (Å²) in [6.07, 6.45) is 0.818. The van der Waals surface area contributed by atoms with E-state index in [1.54, 1.807) is 14.2 Å². The van der Waals surface area contributed by atoms with Gasteiger partial charge in [-0.2, -0.15) is 0 Å². The van der Waals surface area contributed by atoms with Gasteiger partial charge < -0.3 is 20.5 Å². The molecule has 3 aromatic carbocycles. The van der Waals surface area contributed by atoms with Gasteiger partial charge in [-0.3, -0.25) is 4.99 Å². The minimum atomic E-state index is 0. The summed E-state index contributed by atoms with van der Waals surface area (Å²) in [5, 5.41) is 5.58. The van der Waals surface area contributed by atoms with Crippen molar-refractivity contribution in [3.63, 3.8) is 0 Å². The molecular weight excluding hydrogens is 453 g/mol. The van der Waals surface area contributed by atoms with E-state index in [-0.39, 0.29) is 24.0 Å². The van der Waals surface area contributed by atoms with Crippen molar-refractivity contribution >= 4 is 46.4 Å². The smallest absolute Gasteiger partial charge is 0.193 e. The Bertz CT molecular complexity index is 923. The van der Waals surface area contributed by atoms with Gasteiger partial charge in [-0.15, -0.1) is 24.0 Å². The minimum absolute atomic E-state index is 0. The van der Waals surface area contributed by atoms with Crippen LogP contribution in [0.3, 0.4) is 0 Å². The Balaban J connectivity index is 0.00000261. The first-order valence-electron chi connectivity index (χ1n) is 8.47. The zero-order valence-corrected chi connectivity index (χ0v) is 17.8. The maximum absolute atomic E-state index is 6.04. The number of rotatable bonds is 6. The summed E-state index contributed by atoms with van der Waals surface area (Å²) in [7, 11) is 3.23. The van der Waals surface area contributed by atoms with Crippen LogP contribution in [0.5, 0.6) is 11.5 Å². The molecule has 0 spiro atoms. The molecule has 0 amide bonds. The van der Waals surface area contributed by atoms with Crippen molar-refractivity contribution < 1.29 is 9.47 Å². The summed E-state index contributed by atoms with van der Waals surface area (Å²) in [6, 6.07) is 20.2. The van der Waals surface area contributed by atoms with E-state index in [0.29, 0.717) is 18.3 Å². The van der Waals surface area contributed by atoms with Gasteiger partial charge >= 0.3 is 0 Å². The number of hydrogen-bond acceptors (Lipinski definition) is 3. The molecule has 0 unspecified atom stereocenters. The molecule has 3 N–H and O–H groups in total. The van der Waals surface area contributed by atoms with Gasteiger partial charge in [0, 0.05) is 12.6 Å². The third-order valence-electron chi connectivity index (χ3n) is 4.21. The van der Waals surface area contributed by atoms with Crippen LogP contribution in [0.4, 0.5) is 5.69 Å². The summed E-state index contributed by atoms with van der Waals surface area (Å²) >= 11 is 0. The molecule has 0 aliphatic carbocycles. The molecule has 3 aromatic rings. The Morgan fingerprint density at radius 2 is 1.78 bits per heavy atom. The molecule has 0 saturated heterocycles. The van der Waals surface area contributed by atoms with Crippen LogP contribution in [0.2, 0.25) is 0 Å². The Labute approximate surface area is 176 Å². The number of nitrogens with one attached hydrogen (secondary N) is 1. The number of nitrogens with two attached hydrogens (primary N) is 1. The van der Waals surface area contributed by atoms with E-state index in [1.165, 1.54) is 16.3 Å². The first-order valence-corrected chi connectivity index (χ1v) is 8.47. The maximum atomic E-state index is 6.04. The zero-order chi connectivity index (χ0) is 18.4. The summed E-state index contributed by atoms with van der Waals surface area (Å²) in [4.78, 5) is 4.44. The highest BCUT2D eigenvalue weighted by molar-refractivity contribution is 14.0. The van der Waals surface area contributed by atoms with E-state index in [0.717, 1.165) is 17.9 Å². The molecule has 0 bridgehead atoms. The van der Waals surface area contributed by atoms with Crippen molar-refractivity contribution in [2.24, 2.45) is 10.7 Å². The fraction of sp³-hybridized carbons (Fsp3) is 0.190. The largest absolute Gasteiger partial charge is 0.497 e. The van der Waals surface area contributed by atoms with Crippen molar-refractivity contribution in [1.82, 2.24) is 0 Å². The van der Waals surface area contributed by atoms with Gasteiger partial charge in [0.1, 0.15) is 11.5 Å². The first-order chi connectivity index (χ1) is 12.7. The number of nitrogens with zero attached hydrogens (tertiary/aromatic N) is 1. The molecule has 0 saturated carbocycles. The lowest BCUT2D eigenvalue weighted by atomic mass is 10.0. The monoisotopic (exact) mass is 477 g/mol. The molecule has 0 aliphatic rings. The van der Waals surface area contributed by atoms with Crippen LogP contribution >= 0.6 is 24.0 Å². The zero-order valence-electron chi connectivity index (χ0n) is 15.4. The Hall–Kier alpha value is -2.48. The van der Waals surface area contributed by atoms with Crippen LogP contribution < -0.4 is 20.5 Å². The third kappa shape index (κ3) is 5.26. The van der Waals surface area contributed by atoms with E-state index < -0.39 is 0 Å². The molecule has 0 atom stereocenters. The summed E-state index contributed by atoms with van der Waals surface area (Å²) in [6.45, 7) is 0.596. The summed E-state index contributed by atoms with van der Waals surface area (Å²) < 4.78 is 10.6. The van der Waals surface area contributed by atoms with Crippen molar-refractivity contribution in [2.75, 3.05) is 26.1 Å². The van der Waals surface area contributed by atoms with Gasteiger partial charge in [0.15, 0.2) is 5.96 Å². The second-order valence-electron chi connectivity index (χ2n) is 5.85. The van der Waals surface area contributed by atoms with E-state index >= 15 is 0 Å². The molecule has 27 heavy (non-hydrogen) atoms. The minimum Gasteiger partial charge on any atom is -0.497 e. The van der Waals surface area contributed by atoms with Crippen molar-refractivity contribution in [3.8, 4) is 11.5 Å². The van der Waals surface area contributed by atoms with Gasteiger partial charge in [-0.05, 0) is 34.9 Å². The van der Waals surface area contributed by atoms with Crippen molar-refractivity contribution in [3.05, 3.63) is 66.2 Å². The maximum Gasteiger partial charge on any atom is 0.193 e. The number of benzene rings is 3. The fourth-order valence-electron chi connectivity index (χ4n) is 2.90. The first kappa shape index (κ1) is 20.8. The van der Waals surface area contributed by atoms with Crippen LogP contribution in [0.25, 0.3) is 10.8 Å². The van der Waals surface area contributed by atoms with E-state index in [1.807, 2.05) is 24.3 Å². The van der Waals surface area contributed by atoms with Gasteiger partial charge in [0.05, 0.1) is 19.9 Å². The highest BCUT2D eigenvalue weighted by Gasteiger charge is 2.06. The fourth-order valence-corrected chi connectivity index (χ4v) is 2.90. The number of halogens is 1. The standard InChI is InChI=1S/C21H23N3O2.HI/c1-25-17-10-11-20(26-2)19(14-17)24-21(22)23-13-12-16-8-5-7-15-6-3-4-9-18(15)16;/h3-11,14H,12-13H2,1-2H3,(H3,22,23,24);1H. The lowest BCUT2D eigenvalue weighted by Crippen LogP contribution is -2.23. The average Bonchev–Trinajstić information content (AvgIpc) is 2.68. The third-order valence-corrected chi connectivity index (χ3v) is 4.21. The summed E-state index contributed by atoms with van der Waals surface area (Å²) in [5.41, 5.74) is 8.02. The average molecular weight is 477 g/mol. The Kier molecular flexibility index (Phi) is 7.72. The lowest BCUT2D eigenvalue weighted by Gasteiger charge is -2.12. The van der Waals surface area contributed by atoms with E-state index in [2.05, 4.69) is 46.7 Å². The molecule has 0 aliphatic heterocycles. The van der Waals surface area contributed by atoms with Crippen molar-refractivity contribution in [1.29, 1.82) is 0 Å². The van der Waals surface area contributed by atoms with E-state index in [4.69, 9.17) is 15.2 Å². The van der Waals surface area contributed by atoms with Gasteiger partial charge in [-0.1, -0.05) is 42.5 Å². The van der Waals surface area contributed by atoms with Gasteiger partial charge in [-0.25, -0.2) is 0 Å². The molecule has 5 nitrogen and oxygen atoms in total. The molecule has 0 fully saturated rings. The Morgan fingerprint density at radius 3 is 2.56 bits per heavy atom. The molecular formula is C21H24IN3O2. The quantitative estimate of drug-likeness (QED) is 0.313. The van der Waals surface area contributed by atoms with E-state index in [9.17, 15) is 0 Å². The highest BCUT2D eigenvalue weighted by atomic mass is 127. The molecule has 142 valence electrons. The molecule has 3 rings (SSSR count). The Morgan fingerprint density at radius 1 is 1.00 bits per heavy atom. The number of anilines is 1. The number of guanidine groups is 1. The number of fused-ring (bicyclic) bond motifs is 1. The highest BCUT2D eigenvalue weighted by Crippen LogP contribution is 2.28. The van der Waals surface area contributed by atoms with Crippen molar-refractivity contribution in [2.45, 2.75) is 6.42 Å². The molecule has 6 heteroatoms. The predicted octanol–water partition coefficient (Wildman–Crippen LogP) is 4.44. The van der Waals surface area contributed by atoms with Crippen LogP contribution in [0.15, 0.2) is 65.7 Å². The van der Waals surface area contributed by atoms with Crippen LogP contribution in [-0.4, -0.2) is 26.7 Å². The van der Waals surface area contributed by atoms with Crippen LogP contribution in [0.1, 0.15) is 5.56 Å².